The third-order valence-corrected chi connectivity index (χ3v) is 4.84. The summed E-state index contributed by atoms with van der Waals surface area (Å²) in [5.41, 5.74) is 2.38. The number of hydrogen-bond acceptors (Lipinski definition) is 6. The van der Waals surface area contributed by atoms with Crippen molar-refractivity contribution in [3.05, 3.63) is 77.1 Å². The molecule has 0 aliphatic carbocycles. The molecule has 2 heterocycles. The minimum absolute atomic E-state index is 0.542. The molecule has 0 fully saturated rings. The smallest absolute Gasteiger partial charge is 0.163 e. The summed E-state index contributed by atoms with van der Waals surface area (Å²) in [4.78, 5) is 9.41. The molecule has 3 N–H and O–H groups in total. The van der Waals surface area contributed by atoms with E-state index in [1.165, 1.54) is 0 Å². The third-order valence-electron chi connectivity index (χ3n) is 4.51. The van der Waals surface area contributed by atoms with Crippen LogP contribution in [0.4, 0.5) is 5.82 Å². The van der Waals surface area contributed by atoms with Crippen molar-refractivity contribution in [3.8, 4) is 17.5 Å². The molecule has 0 amide bonds. The maximum Gasteiger partial charge on any atom is 0.163 e. The van der Waals surface area contributed by atoms with E-state index in [1.807, 2.05) is 60.7 Å². The standard InChI is InChI=1S/C22H19ClN6/c23-18-7-3-1-5-16(18)22-28-19-8-4-2-6-17(19)21(29-22)26-12-11-25-20-10-9-15(13-24)14-27-20/h1-10,25,27H,11-12,14H2,(H,26,28,29). The summed E-state index contributed by atoms with van der Waals surface area (Å²) in [7, 11) is 0. The Kier molecular flexibility index (Phi) is 5.59. The van der Waals surface area contributed by atoms with Gasteiger partial charge in [0.15, 0.2) is 5.82 Å². The van der Waals surface area contributed by atoms with Gasteiger partial charge in [0, 0.05) is 29.6 Å². The van der Waals surface area contributed by atoms with Crippen molar-refractivity contribution in [3.63, 3.8) is 0 Å². The molecule has 7 heteroatoms. The number of nitriles is 1. The van der Waals surface area contributed by atoms with E-state index in [9.17, 15) is 0 Å². The highest BCUT2D eigenvalue weighted by molar-refractivity contribution is 6.33. The summed E-state index contributed by atoms with van der Waals surface area (Å²) in [6.45, 7) is 1.89. The first kappa shape index (κ1) is 18.8. The monoisotopic (exact) mass is 402 g/mol. The fraction of sp³-hybridized carbons (Fsp3) is 0.136. The van der Waals surface area contributed by atoms with Gasteiger partial charge in [0.2, 0.25) is 0 Å². The molecular weight excluding hydrogens is 384 g/mol. The van der Waals surface area contributed by atoms with Crippen molar-refractivity contribution >= 4 is 28.3 Å². The van der Waals surface area contributed by atoms with Gasteiger partial charge in [-0.05, 0) is 36.4 Å². The average Bonchev–Trinajstić information content (AvgIpc) is 2.77. The fourth-order valence-electron chi connectivity index (χ4n) is 3.04. The zero-order chi connectivity index (χ0) is 20.1. The molecule has 144 valence electrons. The zero-order valence-corrected chi connectivity index (χ0v) is 16.4. The maximum absolute atomic E-state index is 8.89. The van der Waals surface area contributed by atoms with Gasteiger partial charge < -0.3 is 16.0 Å². The predicted octanol–water partition coefficient (Wildman–Crippen LogP) is 3.85. The largest absolute Gasteiger partial charge is 0.370 e. The molecule has 4 rings (SSSR count). The van der Waals surface area contributed by atoms with Crippen molar-refractivity contribution in [1.82, 2.24) is 20.6 Å². The van der Waals surface area contributed by atoms with Crippen LogP contribution in [-0.4, -0.2) is 29.6 Å². The van der Waals surface area contributed by atoms with E-state index in [1.54, 1.807) is 0 Å². The van der Waals surface area contributed by atoms with E-state index in [2.05, 4.69) is 27.0 Å². The van der Waals surface area contributed by atoms with Gasteiger partial charge in [-0.1, -0.05) is 35.9 Å². The number of hydrogen-bond donors (Lipinski definition) is 3. The molecular formula is C22H19ClN6. The molecule has 0 bridgehead atoms. The van der Waals surface area contributed by atoms with E-state index in [0.717, 1.165) is 28.1 Å². The first-order valence-electron chi connectivity index (χ1n) is 9.29. The summed E-state index contributed by atoms with van der Waals surface area (Å²) >= 11 is 6.35. The average molecular weight is 403 g/mol. The van der Waals surface area contributed by atoms with Crippen LogP contribution in [0, 0.1) is 11.3 Å². The van der Waals surface area contributed by atoms with Gasteiger partial charge in [-0.2, -0.15) is 5.26 Å². The lowest BCUT2D eigenvalue weighted by Crippen LogP contribution is -2.32. The Morgan fingerprint density at radius 2 is 1.79 bits per heavy atom. The second kappa shape index (κ2) is 8.63. The molecule has 0 radical (unpaired) electrons. The van der Waals surface area contributed by atoms with Crippen LogP contribution < -0.4 is 16.0 Å². The zero-order valence-electron chi connectivity index (χ0n) is 15.6. The molecule has 2 aromatic carbocycles. The summed E-state index contributed by atoms with van der Waals surface area (Å²) in [5.74, 6) is 2.26. The third kappa shape index (κ3) is 4.31. The second-order valence-corrected chi connectivity index (χ2v) is 6.89. The van der Waals surface area contributed by atoms with Crippen molar-refractivity contribution in [1.29, 1.82) is 5.26 Å². The number of dihydropyridines is 1. The SMILES string of the molecule is N#CC1=CC=C(NCCNc2nc(-c3ccccc3Cl)nc3ccccc23)NC1. The van der Waals surface area contributed by atoms with Crippen LogP contribution in [-0.2, 0) is 0 Å². The van der Waals surface area contributed by atoms with Crippen LogP contribution in [0.15, 0.2) is 72.1 Å². The van der Waals surface area contributed by atoms with Gasteiger partial charge >= 0.3 is 0 Å². The number of halogens is 1. The van der Waals surface area contributed by atoms with Gasteiger partial charge in [-0.15, -0.1) is 0 Å². The summed E-state index contributed by atoms with van der Waals surface area (Å²) in [6, 6.07) is 17.6. The Labute approximate surface area is 173 Å². The van der Waals surface area contributed by atoms with Crippen LogP contribution in [0.5, 0.6) is 0 Å². The molecule has 1 aromatic heterocycles. The Morgan fingerprint density at radius 1 is 1.00 bits per heavy atom. The molecule has 1 aliphatic rings. The Bertz CT molecular complexity index is 1150. The normalized spacial score (nSPS) is 13.1. The predicted molar refractivity (Wildman–Crippen MR) is 116 cm³/mol. The van der Waals surface area contributed by atoms with Gasteiger partial charge in [0.25, 0.3) is 0 Å². The number of fused-ring (bicyclic) bond motifs is 1. The summed E-state index contributed by atoms with van der Waals surface area (Å²) in [5, 5.41) is 20.3. The minimum atomic E-state index is 0.542. The molecule has 0 unspecified atom stereocenters. The van der Waals surface area contributed by atoms with Gasteiger partial charge in [0.05, 0.1) is 29.0 Å². The van der Waals surface area contributed by atoms with Crippen molar-refractivity contribution in [2.75, 3.05) is 25.0 Å². The molecule has 1 aliphatic heterocycles. The molecule has 6 nitrogen and oxygen atoms in total. The summed E-state index contributed by atoms with van der Waals surface area (Å²) < 4.78 is 0. The first-order valence-corrected chi connectivity index (χ1v) is 9.66. The van der Waals surface area contributed by atoms with Gasteiger partial charge in [0.1, 0.15) is 5.82 Å². The van der Waals surface area contributed by atoms with E-state index in [4.69, 9.17) is 21.8 Å². The van der Waals surface area contributed by atoms with Gasteiger partial charge in [-0.3, -0.25) is 0 Å². The number of para-hydroxylation sites is 1. The lowest BCUT2D eigenvalue weighted by molar-refractivity contribution is 0.711. The van der Waals surface area contributed by atoms with Crippen LogP contribution in [0.1, 0.15) is 0 Å². The maximum atomic E-state index is 8.89. The Balaban J connectivity index is 1.51. The minimum Gasteiger partial charge on any atom is -0.370 e. The van der Waals surface area contributed by atoms with Crippen LogP contribution >= 0.6 is 11.6 Å². The highest BCUT2D eigenvalue weighted by atomic mass is 35.5. The fourth-order valence-corrected chi connectivity index (χ4v) is 3.26. The topological polar surface area (TPSA) is 85.7 Å². The van der Waals surface area contributed by atoms with Crippen LogP contribution in [0.25, 0.3) is 22.3 Å². The Hall–Kier alpha value is -3.56. The van der Waals surface area contributed by atoms with E-state index < -0.39 is 0 Å². The molecule has 0 saturated heterocycles. The lowest BCUT2D eigenvalue weighted by atomic mass is 10.2. The van der Waals surface area contributed by atoms with E-state index in [0.29, 0.717) is 36.1 Å². The number of anilines is 1. The number of allylic oxidation sites excluding steroid dienone is 2. The number of rotatable bonds is 6. The van der Waals surface area contributed by atoms with Crippen molar-refractivity contribution in [2.24, 2.45) is 0 Å². The van der Waals surface area contributed by atoms with E-state index >= 15 is 0 Å². The van der Waals surface area contributed by atoms with Gasteiger partial charge in [-0.25, -0.2) is 9.97 Å². The van der Waals surface area contributed by atoms with E-state index in [-0.39, 0.29) is 0 Å². The molecule has 3 aromatic rings. The first-order chi connectivity index (χ1) is 14.2. The highest BCUT2D eigenvalue weighted by Crippen LogP contribution is 2.29. The molecule has 0 saturated carbocycles. The van der Waals surface area contributed by atoms with Crippen molar-refractivity contribution < 1.29 is 0 Å². The summed E-state index contributed by atoms with van der Waals surface area (Å²) in [6.07, 6.45) is 3.69. The number of nitrogens with one attached hydrogen (secondary N) is 3. The molecule has 0 atom stereocenters. The van der Waals surface area contributed by atoms with Crippen LogP contribution in [0.2, 0.25) is 5.02 Å². The van der Waals surface area contributed by atoms with Crippen molar-refractivity contribution in [2.45, 2.75) is 0 Å². The quantitative estimate of drug-likeness (QED) is 0.543. The second-order valence-electron chi connectivity index (χ2n) is 6.48. The highest BCUT2D eigenvalue weighted by Gasteiger charge is 2.11. The number of nitrogens with zero attached hydrogens (tertiary/aromatic N) is 3. The molecule has 29 heavy (non-hydrogen) atoms. The lowest BCUT2D eigenvalue weighted by Gasteiger charge is -2.16. The Morgan fingerprint density at radius 3 is 2.59 bits per heavy atom. The molecule has 0 spiro atoms. The number of aromatic nitrogens is 2. The number of benzene rings is 2. The van der Waals surface area contributed by atoms with Crippen LogP contribution in [0.3, 0.4) is 0 Å².